The minimum atomic E-state index is -1.33. The van der Waals surface area contributed by atoms with Gasteiger partial charge in [0.2, 0.25) is 0 Å². The van der Waals surface area contributed by atoms with Crippen LogP contribution in [0.1, 0.15) is 19.8 Å². The van der Waals surface area contributed by atoms with E-state index in [0.29, 0.717) is 12.3 Å². The summed E-state index contributed by atoms with van der Waals surface area (Å²) in [4.78, 5) is 0. The number of rotatable bonds is 5. The van der Waals surface area contributed by atoms with Gasteiger partial charge < -0.3 is 4.43 Å². The van der Waals surface area contributed by atoms with Gasteiger partial charge in [0.25, 0.3) is 0 Å². The second-order valence-electron chi connectivity index (χ2n) is 4.22. The first-order valence-corrected chi connectivity index (χ1v) is 7.87. The van der Waals surface area contributed by atoms with E-state index in [1.165, 1.54) is 0 Å². The highest BCUT2D eigenvalue weighted by atomic mass is 28.4. The van der Waals surface area contributed by atoms with E-state index in [2.05, 4.69) is 32.6 Å². The molecule has 0 bridgehead atoms. The first-order chi connectivity index (χ1) is 5.45. The molecular formula is C9H19NOSi. The smallest absolute Gasteiger partial charge is 0.183 e. The van der Waals surface area contributed by atoms with E-state index in [1.54, 1.807) is 0 Å². The van der Waals surface area contributed by atoms with Gasteiger partial charge >= 0.3 is 0 Å². The Morgan fingerprint density at radius 3 is 2.42 bits per heavy atom. The lowest BCUT2D eigenvalue weighted by atomic mass is 10.1. The summed E-state index contributed by atoms with van der Waals surface area (Å²) in [5.41, 5.74) is 0. The second kappa shape index (κ2) is 5.34. The molecule has 2 nitrogen and oxygen atoms in total. The molecule has 0 saturated carbocycles. The van der Waals surface area contributed by atoms with Crippen molar-refractivity contribution in [2.75, 3.05) is 6.61 Å². The molecule has 0 amide bonds. The van der Waals surface area contributed by atoms with Crippen LogP contribution in [-0.4, -0.2) is 14.9 Å². The molecular weight excluding hydrogens is 166 g/mol. The van der Waals surface area contributed by atoms with Crippen molar-refractivity contribution in [1.82, 2.24) is 0 Å². The van der Waals surface area contributed by atoms with E-state index in [1.807, 2.05) is 0 Å². The van der Waals surface area contributed by atoms with Crippen LogP contribution in [0.3, 0.4) is 0 Å². The monoisotopic (exact) mass is 185 g/mol. The molecule has 0 saturated heterocycles. The topological polar surface area (TPSA) is 33.0 Å². The molecule has 0 N–H and O–H groups in total. The summed E-state index contributed by atoms with van der Waals surface area (Å²) in [7, 11) is -1.33. The molecule has 0 fully saturated rings. The molecule has 0 aromatic carbocycles. The van der Waals surface area contributed by atoms with Crippen molar-refractivity contribution in [3.05, 3.63) is 0 Å². The third-order valence-electron chi connectivity index (χ3n) is 1.59. The third kappa shape index (κ3) is 7.77. The van der Waals surface area contributed by atoms with E-state index in [4.69, 9.17) is 9.69 Å². The van der Waals surface area contributed by atoms with Crippen LogP contribution in [0.2, 0.25) is 19.6 Å². The molecule has 12 heavy (non-hydrogen) atoms. The third-order valence-corrected chi connectivity index (χ3v) is 2.66. The zero-order valence-electron chi connectivity index (χ0n) is 8.55. The summed E-state index contributed by atoms with van der Waals surface area (Å²) in [6.07, 6.45) is 1.66. The van der Waals surface area contributed by atoms with Crippen molar-refractivity contribution >= 4 is 8.32 Å². The average molecular weight is 185 g/mol. The summed E-state index contributed by atoms with van der Waals surface area (Å²) >= 11 is 0. The fourth-order valence-electron chi connectivity index (χ4n) is 0.824. The van der Waals surface area contributed by atoms with Crippen molar-refractivity contribution in [3.63, 3.8) is 0 Å². The molecule has 1 unspecified atom stereocenters. The minimum absolute atomic E-state index is 0.478. The van der Waals surface area contributed by atoms with E-state index < -0.39 is 8.32 Å². The van der Waals surface area contributed by atoms with Gasteiger partial charge in [-0.3, -0.25) is 0 Å². The first-order valence-electron chi connectivity index (χ1n) is 4.46. The fourth-order valence-corrected chi connectivity index (χ4v) is 1.55. The Morgan fingerprint density at radius 1 is 1.42 bits per heavy atom. The Kier molecular flexibility index (Phi) is 5.19. The predicted octanol–water partition coefficient (Wildman–Crippen LogP) is 2.78. The van der Waals surface area contributed by atoms with Crippen molar-refractivity contribution in [2.45, 2.75) is 39.4 Å². The van der Waals surface area contributed by atoms with Gasteiger partial charge in [0.1, 0.15) is 0 Å². The van der Waals surface area contributed by atoms with Gasteiger partial charge in [0.15, 0.2) is 8.32 Å². The molecule has 0 radical (unpaired) electrons. The van der Waals surface area contributed by atoms with Crippen molar-refractivity contribution < 1.29 is 4.43 Å². The summed E-state index contributed by atoms with van der Waals surface area (Å²) in [5, 5.41) is 8.41. The molecule has 0 aliphatic carbocycles. The molecule has 0 aliphatic rings. The Bertz CT molecular complexity index is 157. The highest BCUT2D eigenvalue weighted by molar-refractivity contribution is 6.69. The number of hydrogen-bond donors (Lipinski definition) is 0. The van der Waals surface area contributed by atoms with Crippen molar-refractivity contribution in [3.8, 4) is 6.07 Å². The second-order valence-corrected chi connectivity index (χ2v) is 8.73. The average Bonchev–Trinajstić information content (AvgIpc) is 1.84. The van der Waals surface area contributed by atoms with Crippen LogP contribution in [0, 0.1) is 17.2 Å². The van der Waals surface area contributed by atoms with Crippen molar-refractivity contribution in [1.29, 1.82) is 5.26 Å². The van der Waals surface area contributed by atoms with Crippen molar-refractivity contribution in [2.24, 2.45) is 5.92 Å². The standard InChI is InChI=1S/C9H19NOSi/c1-9(5-7-10)6-8-11-12(2,3)4/h9H,5-6,8H2,1-4H3. The zero-order valence-corrected chi connectivity index (χ0v) is 9.55. The van der Waals surface area contributed by atoms with Crippen LogP contribution in [0.25, 0.3) is 0 Å². The maximum atomic E-state index is 8.41. The lowest BCUT2D eigenvalue weighted by molar-refractivity contribution is 0.279. The Hall–Kier alpha value is -0.333. The molecule has 0 rings (SSSR count). The summed E-state index contributed by atoms with van der Waals surface area (Å²) in [6, 6.07) is 2.17. The van der Waals surface area contributed by atoms with Crippen LogP contribution in [0.15, 0.2) is 0 Å². The maximum absolute atomic E-state index is 8.41. The highest BCUT2D eigenvalue weighted by Crippen LogP contribution is 2.09. The number of nitriles is 1. The maximum Gasteiger partial charge on any atom is 0.183 e. The van der Waals surface area contributed by atoms with Crippen LogP contribution in [-0.2, 0) is 4.43 Å². The SMILES string of the molecule is CC(CC#N)CCO[Si](C)(C)C. The Balaban J connectivity index is 3.38. The van der Waals surface area contributed by atoms with Gasteiger partial charge in [-0.05, 0) is 32.0 Å². The van der Waals surface area contributed by atoms with Crippen LogP contribution in [0.4, 0.5) is 0 Å². The molecule has 0 aromatic rings. The van der Waals surface area contributed by atoms with Gasteiger partial charge in [-0.2, -0.15) is 5.26 Å². The lowest BCUT2D eigenvalue weighted by Gasteiger charge is -2.18. The summed E-state index contributed by atoms with van der Waals surface area (Å²) < 4.78 is 5.68. The van der Waals surface area contributed by atoms with Crippen LogP contribution < -0.4 is 0 Å². The minimum Gasteiger partial charge on any atom is -0.418 e. The van der Waals surface area contributed by atoms with Gasteiger partial charge in [-0.15, -0.1) is 0 Å². The zero-order chi connectivity index (χ0) is 9.61. The van der Waals surface area contributed by atoms with E-state index in [0.717, 1.165) is 13.0 Å². The fraction of sp³-hybridized carbons (Fsp3) is 0.889. The Labute approximate surface area is 76.7 Å². The van der Waals surface area contributed by atoms with Gasteiger partial charge in [-0.1, -0.05) is 6.92 Å². The van der Waals surface area contributed by atoms with Crippen LogP contribution >= 0.6 is 0 Å². The molecule has 0 heterocycles. The van der Waals surface area contributed by atoms with Gasteiger partial charge in [0, 0.05) is 13.0 Å². The van der Waals surface area contributed by atoms with E-state index in [9.17, 15) is 0 Å². The lowest BCUT2D eigenvalue weighted by Crippen LogP contribution is -2.26. The van der Waals surface area contributed by atoms with Gasteiger partial charge in [-0.25, -0.2) is 0 Å². The van der Waals surface area contributed by atoms with E-state index >= 15 is 0 Å². The summed E-state index contributed by atoms with van der Waals surface area (Å²) in [6.45, 7) is 9.46. The van der Waals surface area contributed by atoms with E-state index in [-0.39, 0.29) is 0 Å². The molecule has 1 atom stereocenters. The highest BCUT2D eigenvalue weighted by Gasteiger charge is 2.13. The number of hydrogen-bond acceptors (Lipinski definition) is 2. The molecule has 0 spiro atoms. The largest absolute Gasteiger partial charge is 0.418 e. The van der Waals surface area contributed by atoms with Crippen LogP contribution in [0.5, 0.6) is 0 Å². The normalized spacial score (nSPS) is 13.9. The quantitative estimate of drug-likeness (QED) is 0.617. The molecule has 0 aromatic heterocycles. The molecule has 3 heteroatoms. The molecule has 70 valence electrons. The van der Waals surface area contributed by atoms with Gasteiger partial charge in [0.05, 0.1) is 6.07 Å². The predicted molar refractivity (Wildman–Crippen MR) is 53.3 cm³/mol. The first kappa shape index (κ1) is 11.7. The number of nitrogens with zero attached hydrogens (tertiary/aromatic N) is 1. The molecule has 0 aliphatic heterocycles. The summed E-state index contributed by atoms with van der Waals surface area (Å²) in [5.74, 6) is 0.478. The Morgan fingerprint density at radius 2 is 2.00 bits per heavy atom.